The van der Waals surface area contributed by atoms with Crippen LogP contribution >= 0.6 is 0 Å². The monoisotopic (exact) mass is 476 g/mol. The van der Waals surface area contributed by atoms with Gasteiger partial charge in [0.2, 0.25) is 0 Å². The van der Waals surface area contributed by atoms with Crippen LogP contribution in [0.5, 0.6) is 11.5 Å². The third-order valence-electron chi connectivity index (χ3n) is 7.45. The zero-order valence-electron chi connectivity index (χ0n) is 21.9. The summed E-state index contributed by atoms with van der Waals surface area (Å²) in [6, 6.07) is 17.6. The second-order valence-electron chi connectivity index (χ2n) is 9.88. The molecular formula is C29H40N4O2. The molecule has 1 aliphatic heterocycles. The fourth-order valence-corrected chi connectivity index (χ4v) is 5.45. The molecule has 0 bridgehead atoms. The second-order valence-corrected chi connectivity index (χ2v) is 9.88. The van der Waals surface area contributed by atoms with Gasteiger partial charge in [-0.15, -0.1) is 0 Å². The molecule has 0 radical (unpaired) electrons. The Labute approximate surface area is 210 Å². The number of nitrogens with zero attached hydrogens (tertiary/aromatic N) is 4. The van der Waals surface area contributed by atoms with Crippen LogP contribution in [0, 0.1) is 12.8 Å². The van der Waals surface area contributed by atoms with E-state index in [0.717, 1.165) is 49.8 Å². The van der Waals surface area contributed by atoms with E-state index < -0.39 is 0 Å². The number of likely N-dealkylation sites (tertiary alicyclic amines) is 1. The van der Waals surface area contributed by atoms with Gasteiger partial charge in [0.05, 0.1) is 19.9 Å². The van der Waals surface area contributed by atoms with Crippen molar-refractivity contribution in [1.82, 2.24) is 19.6 Å². The van der Waals surface area contributed by atoms with Gasteiger partial charge in [-0.1, -0.05) is 36.4 Å². The van der Waals surface area contributed by atoms with Crippen molar-refractivity contribution < 1.29 is 9.47 Å². The summed E-state index contributed by atoms with van der Waals surface area (Å²) >= 11 is 0. The normalized spacial score (nSPS) is 15.9. The van der Waals surface area contributed by atoms with Gasteiger partial charge in [0.1, 0.15) is 11.5 Å². The van der Waals surface area contributed by atoms with E-state index in [-0.39, 0.29) is 0 Å². The molecule has 1 saturated heterocycles. The molecule has 0 N–H and O–H groups in total. The highest BCUT2D eigenvalue weighted by atomic mass is 16.5. The van der Waals surface area contributed by atoms with E-state index in [9.17, 15) is 0 Å². The van der Waals surface area contributed by atoms with Crippen molar-refractivity contribution in [3.63, 3.8) is 0 Å². The lowest BCUT2D eigenvalue weighted by atomic mass is 9.84. The lowest BCUT2D eigenvalue weighted by Gasteiger charge is -2.40. The van der Waals surface area contributed by atoms with Crippen molar-refractivity contribution in [2.24, 2.45) is 13.0 Å². The minimum atomic E-state index is 0.495. The van der Waals surface area contributed by atoms with E-state index >= 15 is 0 Å². The van der Waals surface area contributed by atoms with Gasteiger partial charge >= 0.3 is 0 Å². The first-order valence-corrected chi connectivity index (χ1v) is 12.6. The number of rotatable bonds is 10. The molecule has 2 aromatic carbocycles. The van der Waals surface area contributed by atoms with Gasteiger partial charge in [0, 0.05) is 49.6 Å². The number of piperidine rings is 1. The standard InChI is InChI=1S/C29H40N4O2/c1-22-26(20-32(3)30-22)19-31(2)28(17-23-9-7-6-8-10-23)24-13-15-33(16-14-24)21-25-11-12-27(34-4)18-29(25)35-5/h6-12,18,20,24,28H,13-17,19,21H2,1-5H3/t28-/m1/s1. The number of ether oxygens (including phenoxy) is 2. The molecule has 0 unspecified atom stereocenters. The molecule has 3 aromatic rings. The first-order chi connectivity index (χ1) is 17.0. The third-order valence-corrected chi connectivity index (χ3v) is 7.45. The van der Waals surface area contributed by atoms with E-state index in [0.29, 0.717) is 12.0 Å². The molecule has 188 valence electrons. The molecular weight excluding hydrogens is 436 g/mol. The van der Waals surface area contributed by atoms with Gasteiger partial charge < -0.3 is 9.47 Å². The molecule has 1 fully saturated rings. The maximum Gasteiger partial charge on any atom is 0.127 e. The summed E-state index contributed by atoms with van der Waals surface area (Å²) in [5.74, 6) is 2.39. The molecule has 6 heteroatoms. The van der Waals surface area contributed by atoms with Crippen LogP contribution in [0.4, 0.5) is 0 Å². The van der Waals surface area contributed by atoms with Crippen molar-refractivity contribution in [3.05, 3.63) is 77.1 Å². The minimum Gasteiger partial charge on any atom is -0.497 e. The van der Waals surface area contributed by atoms with Gasteiger partial charge in [-0.2, -0.15) is 5.10 Å². The van der Waals surface area contributed by atoms with E-state index in [1.165, 1.54) is 29.5 Å². The molecule has 0 amide bonds. The van der Waals surface area contributed by atoms with Gasteiger partial charge in [0.15, 0.2) is 0 Å². The smallest absolute Gasteiger partial charge is 0.127 e. The fraction of sp³-hybridized carbons (Fsp3) is 0.483. The van der Waals surface area contributed by atoms with Crippen LogP contribution in [0.2, 0.25) is 0 Å². The van der Waals surface area contributed by atoms with E-state index in [4.69, 9.17) is 9.47 Å². The zero-order valence-corrected chi connectivity index (χ0v) is 21.9. The van der Waals surface area contributed by atoms with E-state index in [1.807, 2.05) is 23.9 Å². The van der Waals surface area contributed by atoms with Gasteiger partial charge in [-0.25, -0.2) is 0 Å². The van der Waals surface area contributed by atoms with Crippen molar-refractivity contribution >= 4 is 0 Å². The molecule has 1 aliphatic rings. The average molecular weight is 477 g/mol. The first-order valence-electron chi connectivity index (χ1n) is 12.6. The number of benzene rings is 2. The van der Waals surface area contributed by atoms with Crippen LogP contribution in [0.15, 0.2) is 54.7 Å². The van der Waals surface area contributed by atoms with Gasteiger partial charge in [-0.3, -0.25) is 14.5 Å². The topological polar surface area (TPSA) is 42.8 Å². The number of methoxy groups -OCH3 is 2. The van der Waals surface area contributed by atoms with Crippen LogP contribution in [0.1, 0.15) is 35.2 Å². The highest BCUT2D eigenvalue weighted by molar-refractivity contribution is 5.40. The number of aromatic nitrogens is 2. The summed E-state index contributed by atoms with van der Waals surface area (Å²) in [7, 11) is 7.72. The van der Waals surface area contributed by atoms with Gasteiger partial charge in [-0.05, 0) is 63.9 Å². The minimum absolute atomic E-state index is 0.495. The van der Waals surface area contributed by atoms with E-state index in [1.54, 1.807) is 14.2 Å². The zero-order chi connectivity index (χ0) is 24.8. The molecule has 1 aromatic heterocycles. The summed E-state index contributed by atoms with van der Waals surface area (Å²) in [5.41, 5.74) is 5.08. The third kappa shape index (κ3) is 6.44. The van der Waals surface area contributed by atoms with Crippen molar-refractivity contribution in [3.8, 4) is 11.5 Å². The highest BCUT2D eigenvalue weighted by Crippen LogP contribution is 2.30. The molecule has 35 heavy (non-hydrogen) atoms. The maximum absolute atomic E-state index is 5.63. The van der Waals surface area contributed by atoms with Gasteiger partial charge in [0.25, 0.3) is 0 Å². The Kier molecular flexibility index (Phi) is 8.47. The Bertz CT molecular complexity index is 1070. The SMILES string of the molecule is COc1ccc(CN2CCC([C@@H](Cc3ccccc3)N(C)Cc3cn(C)nc3C)CC2)c(OC)c1. The number of hydrogen-bond acceptors (Lipinski definition) is 5. The van der Waals surface area contributed by atoms with Crippen molar-refractivity contribution in [2.75, 3.05) is 34.4 Å². The first kappa shape index (κ1) is 25.3. The largest absolute Gasteiger partial charge is 0.497 e. The number of aryl methyl sites for hydroxylation is 2. The Morgan fingerprint density at radius 3 is 2.40 bits per heavy atom. The molecule has 0 aliphatic carbocycles. The molecule has 4 rings (SSSR count). The molecule has 6 nitrogen and oxygen atoms in total. The summed E-state index contributed by atoms with van der Waals surface area (Å²) < 4.78 is 12.9. The fourth-order valence-electron chi connectivity index (χ4n) is 5.45. The van der Waals surface area contributed by atoms with Crippen LogP contribution in [0.3, 0.4) is 0 Å². The average Bonchev–Trinajstić information content (AvgIpc) is 3.20. The summed E-state index contributed by atoms with van der Waals surface area (Å²) in [4.78, 5) is 5.12. The highest BCUT2D eigenvalue weighted by Gasteiger charge is 2.30. The number of likely N-dealkylation sites (N-methyl/N-ethyl adjacent to an activating group) is 1. The Morgan fingerprint density at radius 2 is 1.77 bits per heavy atom. The summed E-state index contributed by atoms with van der Waals surface area (Å²) in [6.45, 7) is 6.16. The predicted molar refractivity (Wildman–Crippen MR) is 141 cm³/mol. The Hall–Kier alpha value is -2.83. The molecule has 1 atom stereocenters. The lowest BCUT2D eigenvalue weighted by Crippen LogP contribution is -2.45. The van der Waals surface area contributed by atoms with Crippen molar-refractivity contribution in [1.29, 1.82) is 0 Å². The lowest BCUT2D eigenvalue weighted by molar-refractivity contribution is 0.0949. The van der Waals surface area contributed by atoms with Crippen LogP contribution in [-0.4, -0.2) is 60.0 Å². The second kappa shape index (κ2) is 11.7. The summed E-state index contributed by atoms with van der Waals surface area (Å²) in [6.07, 6.45) is 5.64. The summed E-state index contributed by atoms with van der Waals surface area (Å²) in [5, 5.41) is 4.56. The Balaban J connectivity index is 1.43. The predicted octanol–water partition coefficient (Wildman–Crippen LogP) is 4.70. The number of hydrogen-bond donors (Lipinski definition) is 0. The van der Waals surface area contributed by atoms with Crippen LogP contribution < -0.4 is 9.47 Å². The quantitative estimate of drug-likeness (QED) is 0.424. The molecule has 2 heterocycles. The molecule has 0 saturated carbocycles. The maximum atomic E-state index is 5.63. The van der Waals surface area contributed by atoms with Crippen LogP contribution in [0.25, 0.3) is 0 Å². The Morgan fingerprint density at radius 1 is 1.03 bits per heavy atom. The van der Waals surface area contributed by atoms with E-state index in [2.05, 4.69) is 71.5 Å². The van der Waals surface area contributed by atoms with Crippen LogP contribution in [-0.2, 0) is 26.6 Å². The van der Waals surface area contributed by atoms with Crippen molar-refractivity contribution in [2.45, 2.75) is 45.3 Å². The molecule has 0 spiro atoms.